The Bertz CT molecular complexity index is 1280. The number of aromatic nitrogens is 1. The van der Waals surface area contributed by atoms with Gasteiger partial charge in [0.15, 0.2) is 12.2 Å². The van der Waals surface area contributed by atoms with Crippen molar-refractivity contribution in [2.75, 3.05) is 7.11 Å². The van der Waals surface area contributed by atoms with Crippen LogP contribution >= 0.6 is 0 Å². The number of aliphatic hydroxyl groups excluding tert-OH is 1. The van der Waals surface area contributed by atoms with Gasteiger partial charge >= 0.3 is 11.6 Å². The highest BCUT2D eigenvalue weighted by Crippen LogP contribution is 2.37. The number of aromatic amines is 1. The zero-order valence-corrected chi connectivity index (χ0v) is 19.4. The molecular formula is C24H27NO9. The van der Waals surface area contributed by atoms with E-state index < -0.39 is 41.8 Å². The molecule has 3 aromatic rings. The molecule has 1 aliphatic heterocycles. The normalized spacial score (nSPS) is 24.2. The second-order valence-electron chi connectivity index (χ2n) is 8.80. The molecule has 3 heterocycles. The zero-order valence-electron chi connectivity index (χ0n) is 19.4. The summed E-state index contributed by atoms with van der Waals surface area (Å²) in [6.07, 6.45) is -4.57. The van der Waals surface area contributed by atoms with Crippen molar-refractivity contribution in [3.05, 3.63) is 57.7 Å². The first-order chi connectivity index (χ1) is 16.0. The fourth-order valence-electron chi connectivity index (χ4n) is 4.20. The van der Waals surface area contributed by atoms with E-state index in [-0.39, 0.29) is 22.8 Å². The Balaban J connectivity index is 1.65. The number of hydrogen-bond donors (Lipinski definition) is 3. The summed E-state index contributed by atoms with van der Waals surface area (Å²) in [5.74, 6) is -0.623. The summed E-state index contributed by atoms with van der Waals surface area (Å²) in [6.45, 7) is 6.91. The van der Waals surface area contributed by atoms with Gasteiger partial charge in [0.2, 0.25) is 6.29 Å². The molecule has 0 spiro atoms. The number of benzene rings is 1. The summed E-state index contributed by atoms with van der Waals surface area (Å²) in [5, 5.41) is 21.5. The van der Waals surface area contributed by atoms with E-state index in [9.17, 15) is 19.8 Å². The molecular weight excluding hydrogens is 446 g/mol. The van der Waals surface area contributed by atoms with Crippen molar-refractivity contribution < 1.29 is 38.4 Å². The van der Waals surface area contributed by atoms with Gasteiger partial charge in [-0.1, -0.05) is 0 Å². The van der Waals surface area contributed by atoms with Crippen molar-refractivity contribution >= 4 is 16.9 Å². The van der Waals surface area contributed by atoms with Gasteiger partial charge in [-0.2, -0.15) is 0 Å². The van der Waals surface area contributed by atoms with E-state index in [1.807, 2.05) is 0 Å². The highest BCUT2D eigenvalue weighted by Gasteiger charge is 2.53. The summed E-state index contributed by atoms with van der Waals surface area (Å²) in [5.41, 5.74) is -0.134. The number of aryl methyl sites for hydroxylation is 2. The standard InChI is InChI=1S/C24H27NO9/c1-11-6-8-14(25-11)22(29)33-20-18(28)23(34-24(3,4)21(20)30-5)31-16-9-7-13-15(26)10-17(27)32-19(13)12(16)2/h6-10,18,20-21,23,25-26,28H,1-5H3/t18-,20+,21+,23-/m1/s1. The molecule has 0 bridgehead atoms. The van der Waals surface area contributed by atoms with Crippen LogP contribution in [0.15, 0.2) is 39.5 Å². The molecule has 10 nitrogen and oxygen atoms in total. The Morgan fingerprint density at radius 2 is 1.91 bits per heavy atom. The molecule has 0 saturated carbocycles. The lowest BCUT2D eigenvalue weighted by molar-refractivity contribution is -0.305. The number of nitrogens with one attached hydrogen (secondary N) is 1. The third kappa shape index (κ3) is 4.27. The Kier molecular flexibility index (Phi) is 6.15. The topological polar surface area (TPSA) is 140 Å². The lowest BCUT2D eigenvalue weighted by atomic mass is 9.89. The maximum Gasteiger partial charge on any atom is 0.355 e. The summed E-state index contributed by atoms with van der Waals surface area (Å²) in [6, 6.07) is 7.39. The molecule has 1 aromatic carbocycles. The molecule has 2 aromatic heterocycles. The first-order valence-electron chi connectivity index (χ1n) is 10.7. The van der Waals surface area contributed by atoms with Crippen LogP contribution in [0.1, 0.15) is 35.6 Å². The summed E-state index contributed by atoms with van der Waals surface area (Å²) in [7, 11) is 1.44. The molecule has 0 aliphatic carbocycles. The first kappa shape index (κ1) is 23.8. The molecule has 1 aliphatic rings. The van der Waals surface area contributed by atoms with Crippen LogP contribution in [-0.2, 0) is 14.2 Å². The number of fused-ring (bicyclic) bond motifs is 1. The van der Waals surface area contributed by atoms with E-state index in [2.05, 4.69) is 4.98 Å². The van der Waals surface area contributed by atoms with Crippen molar-refractivity contribution in [3.63, 3.8) is 0 Å². The Hall–Kier alpha value is -3.34. The maximum absolute atomic E-state index is 12.7. The van der Waals surface area contributed by atoms with Crippen molar-refractivity contribution in [3.8, 4) is 11.5 Å². The SMILES string of the molecule is CO[C@H]1[C@@H](OC(=O)c2ccc(C)[nH]2)[C@@H](O)[C@H](Oc2ccc3c(O)cc(=O)oc3c2C)OC1(C)C. The third-order valence-corrected chi connectivity index (χ3v) is 5.90. The molecule has 4 atom stereocenters. The summed E-state index contributed by atoms with van der Waals surface area (Å²) >= 11 is 0. The average molecular weight is 473 g/mol. The molecule has 182 valence electrons. The predicted octanol–water partition coefficient (Wildman–Crippen LogP) is 2.56. The van der Waals surface area contributed by atoms with Crippen LogP contribution in [0.3, 0.4) is 0 Å². The van der Waals surface area contributed by atoms with Gasteiger partial charge in [-0.25, -0.2) is 9.59 Å². The fourth-order valence-corrected chi connectivity index (χ4v) is 4.20. The van der Waals surface area contributed by atoms with Crippen LogP contribution in [0.4, 0.5) is 0 Å². The number of aromatic hydroxyl groups is 1. The van der Waals surface area contributed by atoms with E-state index in [1.54, 1.807) is 45.9 Å². The van der Waals surface area contributed by atoms with Crippen LogP contribution in [0, 0.1) is 13.8 Å². The van der Waals surface area contributed by atoms with Crippen LogP contribution in [-0.4, -0.2) is 58.5 Å². The van der Waals surface area contributed by atoms with Crippen molar-refractivity contribution in [2.24, 2.45) is 0 Å². The van der Waals surface area contributed by atoms with Crippen LogP contribution in [0.2, 0.25) is 0 Å². The van der Waals surface area contributed by atoms with Gasteiger partial charge in [0.25, 0.3) is 0 Å². The molecule has 0 radical (unpaired) electrons. The number of carbonyl (C=O) groups excluding carboxylic acids is 1. The van der Waals surface area contributed by atoms with Gasteiger partial charge in [-0.15, -0.1) is 0 Å². The van der Waals surface area contributed by atoms with Crippen molar-refractivity contribution in [2.45, 2.75) is 57.9 Å². The Labute approximate surface area is 195 Å². The number of H-pyrrole nitrogens is 1. The van der Waals surface area contributed by atoms with Gasteiger partial charge in [0.1, 0.15) is 28.9 Å². The van der Waals surface area contributed by atoms with Gasteiger partial charge < -0.3 is 38.6 Å². The van der Waals surface area contributed by atoms with E-state index in [0.29, 0.717) is 10.9 Å². The number of rotatable bonds is 5. The van der Waals surface area contributed by atoms with E-state index in [0.717, 1.165) is 11.8 Å². The minimum absolute atomic E-state index is 0.145. The van der Waals surface area contributed by atoms with Crippen LogP contribution in [0.25, 0.3) is 11.0 Å². The lowest BCUT2D eigenvalue weighted by Crippen LogP contribution is -2.65. The number of hydrogen-bond acceptors (Lipinski definition) is 9. The van der Waals surface area contributed by atoms with Gasteiger partial charge in [0.05, 0.1) is 17.1 Å². The molecule has 1 saturated heterocycles. The first-order valence-corrected chi connectivity index (χ1v) is 10.7. The second-order valence-corrected chi connectivity index (χ2v) is 8.80. The number of methoxy groups -OCH3 is 1. The quantitative estimate of drug-likeness (QED) is 0.377. The predicted molar refractivity (Wildman–Crippen MR) is 120 cm³/mol. The Morgan fingerprint density at radius 1 is 1.18 bits per heavy atom. The number of carbonyl (C=O) groups is 1. The molecule has 4 rings (SSSR count). The monoisotopic (exact) mass is 473 g/mol. The van der Waals surface area contributed by atoms with Crippen LogP contribution < -0.4 is 10.4 Å². The largest absolute Gasteiger partial charge is 0.507 e. The van der Waals surface area contributed by atoms with Crippen LogP contribution in [0.5, 0.6) is 11.5 Å². The molecule has 3 N–H and O–H groups in total. The molecule has 34 heavy (non-hydrogen) atoms. The van der Waals surface area contributed by atoms with Gasteiger partial charge in [-0.3, -0.25) is 0 Å². The second kappa shape index (κ2) is 8.79. The third-order valence-electron chi connectivity index (χ3n) is 5.90. The lowest BCUT2D eigenvalue weighted by Gasteiger charge is -2.47. The molecule has 10 heteroatoms. The number of ether oxygens (including phenoxy) is 4. The smallest absolute Gasteiger partial charge is 0.355 e. The minimum atomic E-state index is -1.41. The van der Waals surface area contributed by atoms with Gasteiger partial charge in [0, 0.05) is 18.4 Å². The van der Waals surface area contributed by atoms with Crippen molar-refractivity contribution in [1.82, 2.24) is 4.98 Å². The molecule has 1 fully saturated rings. The Morgan fingerprint density at radius 3 is 2.56 bits per heavy atom. The highest BCUT2D eigenvalue weighted by molar-refractivity contribution is 5.88. The van der Waals surface area contributed by atoms with Crippen molar-refractivity contribution in [1.29, 1.82) is 0 Å². The van der Waals surface area contributed by atoms with Gasteiger partial charge in [-0.05, 0) is 52.0 Å². The fraction of sp³-hybridized carbons (Fsp3) is 0.417. The van der Waals surface area contributed by atoms with E-state index >= 15 is 0 Å². The van der Waals surface area contributed by atoms with E-state index in [4.69, 9.17) is 23.4 Å². The highest BCUT2D eigenvalue weighted by atomic mass is 16.7. The maximum atomic E-state index is 12.7. The zero-order chi connectivity index (χ0) is 24.8. The average Bonchev–Trinajstić information content (AvgIpc) is 3.20. The number of aliphatic hydroxyl groups is 1. The summed E-state index contributed by atoms with van der Waals surface area (Å²) < 4.78 is 28.4. The summed E-state index contributed by atoms with van der Waals surface area (Å²) in [4.78, 5) is 27.3. The molecule has 0 unspecified atom stereocenters. The minimum Gasteiger partial charge on any atom is -0.507 e. The molecule has 0 amide bonds. The van der Waals surface area contributed by atoms with E-state index in [1.165, 1.54) is 13.2 Å². The number of esters is 1.